The Morgan fingerprint density at radius 1 is 1.16 bits per heavy atom. The molecule has 0 saturated heterocycles. The zero-order valence-corrected chi connectivity index (χ0v) is 15.8. The fourth-order valence-corrected chi connectivity index (χ4v) is 2.14. The van der Waals surface area contributed by atoms with E-state index >= 15 is 0 Å². The summed E-state index contributed by atoms with van der Waals surface area (Å²) in [7, 11) is 1.68. The molecule has 0 spiro atoms. The first-order valence-electron chi connectivity index (χ1n) is 8.64. The topological polar surface area (TPSA) is 86.8 Å². The Morgan fingerprint density at radius 3 is 2.40 bits per heavy atom. The predicted molar refractivity (Wildman–Crippen MR) is 103 cm³/mol. The molecule has 0 radical (unpaired) electrons. The molecule has 1 unspecified atom stereocenters. The van der Waals surface area contributed by atoms with Crippen molar-refractivity contribution in [2.45, 2.75) is 46.3 Å². The Kier molecular flexibility index (Phi) is 9.39. The number of hydrogen-bond acceptors (Lipinski definition) is 3. The van der Waals surface area contributed by atoms with Gasteiger partial charge in [-0.1, -0.05) is 12.1 Å². The fraction of sp³-hybridized carbons (Fsp3) is 0.556. The van der Waals surface area contributed by atoms with E-state index in [1.807, 2.05) is 52.0 Å². The van der Waals surface area contributed by atoms with Crippen LogP contribution in [0.25, 0.3) is 0 Å². The zero-order chi connectivity index (χ0) is 18.7. The van der Waals surface area contributed by atoms with Crippen LogP contribution < -0.4 is 21.3 Å². The lowest BCUT2D eigenvalue weighted by Crippen LogP contribution is -2.43. The van der Waals surface area contributed by atoms with Crippen LogP contribution in [-0.4, -0.2) is 44.3 Å². The van der Waals surface area contributed by atoms with Gasteiger partial charge in [-0.05, 0) is 45.4 Å². The molecule has 0 bridgehead atoms. The quantitative estimate of drug-likeness (QED) is 0.428. The van der Waals surface area contributed by atoms with Crippen LogP contribution in [0.4, 0.5) is 10.5 Å². The second-order valence-corrected chi connectivity index (χ2v) is 6.15. The first-order chi connectivity index (χ1) is 11.9. The van der Waals surface area contributed by atoms with Gasteiger partial charge in [0, 0.05) is 31.4 Å². The molecule has 1 rings (SSSR count). The highest BCUT2D eigenvalue weighted by atomic mass is 16.5. The molecule has 7 heteroatoms. The summed E-state index contributed by atoms with van der Waals surface area (Å²) in [5.41, 5.74) is 1.82. The summed E-state index contributed by atoms with van der Waals surface area (Å²) in [6, 6.07) is 7.73. The van der Waals surface area contributed by atoms with Crippen molar-refractivity contribution < 1.29 is 9.53 Å². The van der Waals surface area contributed by atoms with Crippen molar-refractivity contribution in [2.24, 2.45) is 4.99 Å². The van der Waals surface area contributed by atoms with Crippen LogP contribution in [0.1, 0.15) is 33.3 Å². The SMILES string of the molecule is CCNC(=NCc1ccc(NC(=O)NC(C)C)cc1)NC(C)COC. The number of nitrogens with one attached hydrogen (secondary N) is 4. The lowest BCUT2D eigenvalue weighted by atomic mass is 10.2. The molecule has 0 aliphatic carbocycles. The number of urea groups is 1. The second kappa shape index (κ2) is 11.3. The van der Waals surface area contributed by atoms with E-state index in [2.05, 4.69) is 26.3 Å². The third kappa shape index (κ3) is 8.95. The predicted octanol–water partition coefficient (Wildman–Crippen LogP) is 2.31. The third-order valence-electron chi connectivity index (χ3n) is 3.20. The molecule has 25 heavy (non-hydrogen) atoms. The normalized spacial score (nSPS) is 12.6. The van der Waals surface area contributed by atoms with Crippen molar-refractivity contribution in [3.8, 4) is 0 Å². The van der Waals surface area contributed by atoms with Crippen LogP contribution >= 0.6 is 0 Å². The first kappa shape index (κ1) is 20.8. The lowest BCUT2D eigenvalue weighted by Gasteiger charge is -2.17. The minimum absolute atomic E-state index is 0.103. The zero-order valence-electron chi connectivity index (χ0n) is 15.8. The molecule has 2 amide bonds. The molecular formula is C18H31N5O2. The van der Waals surface area contributed by atoms with E-state index in [0.29, 0.717) is 13.2 Å². The number of nitrogens with zero attached hydrogens (tertiary/aromatic N) is 1. The highest BCUT2D eigenvalue weighted by molar-refractivity contribution is 5.89. The van der Waals surface area contributed by atoms with Crippen LogP contribution in [0.15, 0.2) is 29.3 Å². The Bertz CT molecular complexity index is 543. The smallest absolute Gasteiger partial charge is 0.319 e. The lowest BCUT2D eigenvalue weighted by molar-refractivity contribution is 0.179. The van der Waals surface area contributed by atoms with Gasteiger partial charge in [0.1, 0.15) is 0 Å². The van der Waals surface area contributed by atoms with Crippen molar-refractivity contribution >= 4 is 17.7 Å². The molecule has 0 aromatic heterocycles. The number of guanidine groups is 1. The summed E-state index contributed by atoms with van der Waals surface area (Å²) in [5.74, 6) is 0.755. The van der Waals surface area contributed by atoms with E-state index in [0.717, 1.165) is 23.8 Å². The molecule has 0 aliphatic rings. The largest absolute Gasteiger partial charge is 0.383 e. The number of rotatable bonds is 8. The van der Waals surface area contributed by atoms with Crippen LogP contribution in [0, 0.1) is 0 Å². The van der Waals surface area contributed by atoms with Crippen LogP contribution in [0.5, 0.6) is 0 Å². The van der Waals surface area contributed by atoms with Gasteiger partial charge in [0.2, 0.25) is 0 Å². The highest BCUT2D eigenvalue weighted by Crippen LogP contribution is 2.10. The van der Waals surface area contributed by atoms with Gasteiger partial charge in [0.05, 0.1) is 13.2 Å². The molecule has 1 aromatic carbocycles. The number of hydrogen-bond donors (Lipinski definition) is 4. The molecule has 4 N–H and O–H groups in total. The van der Waals surface area contributed by atoms with Gasteiger partial charge in [0.25, 0.3) is 0 Å². The molecule has 1 aromatic rings. The van der Waals surface area contributed by atoms with Gasteiger partial charge in [-0.2, -0.15) is 0 Å². The van der Waals surface area contributed by atoms with Crippen molar-refractivity contribution in [3.63, 3.8) is 0 Å². The average molecular weight is 349 g/mol. The van der Waals surface area contributed by atoms with Crippen LogP contribution in [-0.2, 0) is 11.3 Å². The minimum Gasteiger partial charge on any atom is -0.383 e. The standard InChI is InChI=1S/C18H31N5O2/c1-6-19-17(22-14(4)12-25-5)20-11-15-7-9-16(10-8-15)23-18(24)21-13(2)3/h7-10,13-14H,6,11-12H2,1-5H3,(H2,19,20,22)(H2,21,23,24). The summed E-state index contributed by atoms with van der Waals surface area (Å²) in [4.78, 5) is 16.3. The molecule has 0 heterocycles. The van der Waals surface area contributed by atoms with Gasteiger partial charge in [-0.3, -0.25) is 0 Å². The Labute approximate surface area is 150 Å². The van der Waals surface area contributed by atoms with E-state index in [-0.39, 0.29) is 18.1 Å². The molecule has 0 saturated carbocycles. The molecule has 7 nitrogen and oxygen atoms in total. The van der Waals surface area contributed by atoms with Gasteiger partial charge in [0.15, 0.2) is 5.96 Å². The van der Waals surface area contributed by atoms with E-state index in [4.69, 9.17) is 4.74 Å². The van der Waals surface area contributed by atoms with Crippen molar-refractivity contribution in [1.82, 2.24) is 16.0 Å². The molecule has 0 fully saturated rings. The van der Waals surface area contributed by atoms with E-state index in [1.54, 1.807) is 7.11 Å². The maximum Gasteiger partial charge on any atom is 0.319 e. The highest BCUT2D eigenvalue weighted by Gasteiger charge is 2.05. The number of anilines is 1. The molecule has 0 aliphatic heterocycles. The second-order valence-electron chi connectivity index (χ2n) is 6.15. The van der Waals surface area contributed by atoms with Crippen molar-refractivity contribution in [1.29, 1.82) is 0 Å². The summed E-state index contributed by atoms with van der Waals surface area (Å²) < 4.78 is 5.13. The van der Waals surface area contributed by atoms with Gasteiger partial charge >= 0.3 is 6.03 Å². The van der Waals surface area contributed by atoms with Crippen molar-refractivity contribution in [2.75, 3.05) is 25.6 Å². The molecule has 1 atom stereocenters. The van der Waals surface area contributed by atoms with Crippen LogP contribution in [0.2, 0.25) is 0 Å². The van der Waals surface area contributed by atoms with Gasteiger partial charge in [-0.15, -0.1) is 0 Å². The van der Waals surface area contributed by atoms with Crippen molar-refractivity contribution in [3.05, 3.63) is 29.8 Å². The number of aliphatic imine (C=N–C) groups is 1. The summed E-state index contributed by atoms with van der Waals surface area (Å²) >= 11 is 0. The summed E-state index contributed by atoms with van der Waals surface area (Å²) in [6.07, 6.45) is 0. The number of methoxy groups -OCH3 is 1. The summed E-state index contributed by atoms with van der Waals surface area (Å²) in [5, 5.41) is 12.1. The van der Waals surface area contributed by atoms with E-state index in [9.17, 15) is 4.79 Å². The maximum atomic E-state index is 11.7. The minimum atomic E-state index is -0.202. The maximum absolute atomic E-state index is 11.7. The number of carbonyl (C=O) groups is 1. The average Bonchev–Trinajstić information content (AvgIpc) is 2.53. The monoisotopic (exact) mass is 349 g/mol. The Balaban J connectivity index is 2.60. The Morgan fingerprint density at radius 2 is 1.84 bits per heavy atom. The number of amides is 2. The number of carbonyl (C=O) groups excluding carboxylic acids is 1. The van der Waals surface area contributed by atoms with Crippen LogP contribution in [0.3, 0.4) is 0 Å². The molecular weight excluding hydrogens is 318 g/mol. The van der Waals surface area contributed by atoms with E-state index in [1.165, 1.54) is 0 Å². The number of ether oxygens (including phenoxy) is 1. The third-order valence-corrected chi connectivity index (χ3v) is 3.20. The first-order valence-corrected chi connectivity index (χ1v) is 8.64. The number of benzene rings is 1. The van der Waals surface area contributed by atoms with Gasteiger partial charge in [-0.25, -0.2) is 9.79 Å². The Hall–Kier alpha value is -2.28. The molecule has 140 valence electrons. The fourth-order valence-electron chi connectivity index (χ4n) is 2.14. The van der Waals surface area contributed by atoms with E-state index < -0.39 is 0 Å². The van der Waals surface area contributed by atoms with Gasteiger partial charge < -0.3 is 26.0 Å². The summed E-state index contributed by atoms with van der Waals surface area (Å²) in [6.45, 7) is 9.87.